The van der Waals surface area contributed by atoms with Crippen molar-refractivity contribution in [3.05, 3.63) is 35.9 Å². The molecule has 0 aliphatic heterocycles. The first-order valence-electron chi connectivity index (χ1n) is 6.51. The molecule has 7 nitrogen and oxygen atoms in total. The van der Waals surface area contributed by atoms with Crippen LogP contribution in [-0.2, 0) is 9.59 Å². The van der Waals surface area contributed by atoms with Crippen molar-refractivity contribution >= 4 is 18.0 Å². The Kier molecular flexibility index (Phi) is 4.42. The summed E-state index contributed by atoms with van der Waals surface area (Å²) in [6.07, 6.45) is 0.768. The molecule has 1 fully saturated rings. The molecular weight excluding hydrogens is 276 g/mol. The third-order valence-electron chi connectivity index (χ3n) is 3.27. The van der Waals surface area contributed by atoms with Crippen LogP contribution in [-0.4, -0.2) is 52.2 Å². The van der Waals surface area contributed by atoms with Gasteiger partial charge in [-0.25, -0.2) is 4.79 Å². The van der Waals surface area contributed by atoms with Crippen LogP contribution >= 0.6 is 0 Å². The number of benzene rings is 1. The summed E-state index contributed by atoms with van der Waals surface area (Å²) >= 11 is 0. The fraction of sp³-hybridized carbons (Fsp3) is 0.357. The molecule has 1 aliphatic rings. The normalized spacial score (nSPS) is 19.6. The standard InChI is InChI=1S/C14H16N2O5/c17-12(18)7-16(8-13(19)20)14(21)15-11-6-10(11)9-4-2-1-3-5-9/h1-5,10-11H,6-8H2,(H,15,21)(H,17,18)(H,19,20). The van der Waals surface area contributed by atoms with E-state index in [2.05, 4.69) is 5.32 Å². The van der Waals surface area contributed by atoms with Gasteiger partial charge in [-0.2, -0.15) is 0 Å². The van der Waals surface area contributed by atoms with Crippen molar-refractivity contribution in [2.75, 3.05) is 13.1 Å². The molecule has 2 rings (SSSR count). The number of carboxylic acid groups (broad SMARTS) is 2. The van der Waals surface area contributed by atoms with Gasteiger partial charge in [0.25, 0.3) is 0 Å². The fourth-order valence-electron chi connectivity index (χ4n) is 2.20. The lowest BCUT2D eigenvalue weighted by Crippen LogP contribution is -2.46. The van der Waals surface area contributed by atoms with Gasteiger partial charge in [0.15, 0.2) is 0 Å². The number of nitrogens with one attached hydrogen (secondary N) is 1. The predicted molar refractivity (Wildman–Crippen MR) is 73.0 cm³/mol. The number of nitrogens with zero attached hydrogens (tertiary/aromatic N) is 1. The number of urea groups is 1. The van der Waals surface area contributed by atoms with Gasteiger partial charge in [0, 0.05) is 12.0 Å². The first-order valence-corrected chi connectivity index (χ1v) is 6.51. The minimum atomic E-state index is -1.25. The maximum Gasteiger partial charge on any atom is 0.323 e. The van der Waals surface area contributed by atoms with Crippen LogP contribution in [0.5, 0.6) is 0 Å². The topological polar surface area (TPSA) is 107 Å². The maximum atomic E-state index is 11.9. The maximum absolute atomic E-state index is 11.9. The Morgan fingerprint density at radius 2 is 1.67 bits per heavy atom. The molecule has 1 saturated carbocycles. The van der Waals surface area contributed by atoms with Crippen molar-refractivity contribution in [3.63, 3.8) is 0 Å². The molecule has 0 radical (unpaired) electrons. The summed E-state index contributed by atoms with van der Waals surface area (Å²) in [7, 11) is 0. The number of hydrogen-bond acceptors (Lipinski definition) is 3. The highest BCUT2D eigenvalue weighted by atomic mass is 16.4. The van der Waals surface area contributed by atoms with Crippen LogP contribution in [0.3, 0.4) is 0 Å². The van der Waals surface area contributed by atoms with Gasteiger partial charge in [-0.15, -0.1) is 0 Å². The summed E-state index contributed by atoms with van der Waals surface area (Å²) in [4.78, 5) is 34.0. The number of carbonyl (C=O) groups is 3. The second-order valence-electron chi connectivity index (χ2n) is 4.95. The first kappa shape index (κ1) is 14.8. The van der Waals surface area contributed by atoms with E-state index in [0.29, 0.717) is 0 Å². The molecule has 0 aromatic heterocycles. The number of carbonyl (C=O) groups excluding carboxylic acids is 1. The molecule has 1 aromatic rings. The van der Waals surface area contributed by atoms with E-state index in [1.54, 1.807) is 0 Å². The molecule has 1 aliphatic carbocycles. The van der Waals surface area contributed by atoms with Gasteiger partial charge in [-0.05, 0) is 12.0 Å². The van der Waals surface area contributed by atoms with Crippen molar-refractivity contribution in [2.24, 2.45) is 0 Å². The summed E-state index contributed by atoms with van der Waals surface area (Å²) in [5.74, 6) is -2.30. The minimum Gasteiger partial charge on any atom is -0.480 e. The van der Waals surface area contributed by atoms with Crippen LogP contribution in [0.15, 0.2) is 30.3 Å². The highest BCUT2D eigenvalue weighted by Crippen LogP contribution is 2.40. The second-order valence-corrected chi connectivity index (χ2v) is 4.95. The molecule has 7 heteroatoms. The summed E-state index contributed by atoms with van der Waals surface area (Å²) in [6.45, 7) is -1.28. The average Bonchev–Trinajstić information content (AvgIpc) is 3.17. The van der Waals surface area contributed by atoms with Gasteiger partial charge in [0.2, 0.25) is 0 Å². The van der Waals surface area contributed by atoms with Crippen molar-refractivity contribution in [1.82, 2.24) is 10.2 Å². The molecule has 112 valence electrons. The SMILES string of the molecule is O=C(O)CN(CC(=O)O)C(=O)NC1CC1c1ccccc1. The monoisotopic (exact) mass is 292 g/mol. The van der Waals surface area contributed by atoms with E-state index in [4.69, 9.17) is 10.2 Å². The Hall–Kier alpha value is -2.57. The first-order chi connectivity index (χ1) is 9.97. The van der Waals surface area contributed by atoms with Gasteiger partial charge in [0.05, 0.1) is 0 Å². The van der Waals surface area contributed by atoms with E-state index >= 15 is 0 Å². The Bertz CT molecular complexity index is 530. The number of hydrogen-bond donors (Lipinski definition) is 3. The van der Waals surface area contributed by atoms with Gasteiger partial charge < -0.3 is 20.4 Å². The number of carboxylic acids is 2. The highest BCUT2D eigenvalue weighted by Gasteiger charge is 2.40. The molecule has 0 spiro atoms. The van der Waals surface area contributed by atoms with Crippen molar-refractivity contribution in [2.45, 2.75) is 18.4 Å². The van der Waals surface area contributed by atoms with Gasteiger partial charge >= 0.3 is 18.0 Å². The van der Waals surface area contributed by atoms with Crippen LogP contribution in [0, 0.1) is 0 Å². The number of rotatable bonds is 6. The largest absolute Gasteiger partial charge is 0.480 e. The lowest BCUT2D eigenvalue weighted by atomic mass is 10.1. The van der Waals surface area contributed by atoms with Crippen LogP contribution < -0.4 is 5.32 Å². The average molecular weight is 292 g/mol. The second kappa shape index (κ2) is 6.25. The summed E-state index contributed by atoms with van der Waals surface area (Å²) in [5.41, 5.74) is 1.10. The fourth-order valence-corrected chi connectivity index (χ4v) is 2.20. The van der Waals surface area contributed by atoms with Crippen LogP contribution in [0.25, 0.3) is 0 Å². The van der Waals surface area contributed by atoms with Crippen molar-refractivity contribution < 1.29 is 24.6 Å². The third kappa shape index (κ3) is 4.20. The molecule has 0 heterocycles. The Morgan fingerprint density at radius 1 is 1.10 bits per heavy atom. The molecule has 21 heavy (non-hydrogen) atoms. The predicted octanol–water partition coefficient (Wildman–Crippen LogP) is 0.723. The molecule has 2 amide bonds. The van der Waals surface area contributed by atoms with E-state index < -0.39 is 31.1 Å². The Labute approximate surface area is 121 Å². The smallest absolute Gasteiger partial charge is 0.323 e. The van der Waals surface area contributed by atoms with Crippen LogP contribution in [0.2, 0.25) is 0 Å². The van der Waals surface area contributed by atoms with Crippen molar-refractivity contribution in [1.29, 1.82) is 0 Å². The zero-order chi connectivity index (χ0) is 15.4. The Morgan fingerprint density at radius 3 is 2.19 bits per heavy atom. The molecule has 3 N–H and O–H groups in total. The van der Waals surface area contributed by atoms with Gasteiger partial charge in [-0.3, -0.25) is 9.59 Å². The van der Waals surface area contributed by atoms with E-state index in [1.165, 1.54) is 0 Å². The molecule has 0 bridgehead atoms. The molecule has 0 saturated heterocycles. The van der Waals surface area contributed by atoms with E-state index in [0.717, 1.165) is 16.9 Å². The zero-order valence-corrected chi connectivity index (χ0v) is 11.2. The third-order valence-corrected chi connectivity index (χ3v) is 3.27. The van der Waals surface area contributed by atoms with Gasteiger partial charge in [0.1, 0.15) is 13.1 Å². The molecule has 2 unspecified atom stereocenters. The summed E-state index contributed by atoms with van der Waals surface area (Å²) in [6, 6.07) is 8.90. The van der Waals surface area contributed by atoms with Gasteiger partial charge in [-0.1, -0.05) is 30.3 Å². The minimum absolute atomic E-state index is 0.0787. The zero-order valence-electron chi connectivity index (χ0n) is 11.2. The van der Waals surface area contributed by atoms with E-state index in [-0.39, 0.29) is 12.0 Å². The van der Waals surface area contributed by atoms with Crippen LogP contribution in [0.1, 0.15) is 17.9 Å². The number of aliphatic carboxylic acids is 2. The van der Waals surface area contributed by atoms with Crippen molar-refractivity contribution in [3.8, 4) is 0 Å². The highest BCUT2D eigenvalue weighted by molar-refractivity contribution is 5.84. The number of amides is 2. The lowest BCUT2D eigenvalue weighted by Gasteiger charge is -2.19. The molecular formula is C14H16N2O5. The lowest BCUT2D eigenvalue weighted by molar-refractivity contribution is -0.140. The summed E-state index contributed by atoms with van der Waals surface area (Å²) < 4.78 is 0. The van der Waals surface area contributed by atoms with Crippen LogP contribution in [0.4, 0.5) is 4.79 Å². The Balaban J connectivity index is 1.91. The van der Waals surface area contributed by atoms with E-state index in [9.17, 15) is 14.4 Å². The molecule has 2 atom stereocenters. The molecule has 1 aromatic carbocycles. The quantitative estimate of drug-likeness (QED) is 0.716. The van der Waals surface area contributed by atoms with E-state index in [1.807, 2.05) is 30.3 Å². The summed E-state index contributed by atoms with van der Waals surface area (Å²) in [5, 5.41) is 20.1.